The van der Waals surface area contributed by atoms with Crippen LogP contribution in [-0.2, 0) is 5.41 Å². The molecule has 0 saturated heterocycles. The molecule has 0 radical (unpaired) electrons. The summed E-state index contributed by atoms with van der Waals surface area (Å²) in [6.07, 6.45) is 0. The molecular formula is C13H26N4S. The Morgan fingerprint density at radius 1 is 1.22 bits per heavy atom. The predicted molar refractivity (Wildman–Crippen MR) is 79.3 cm³/mol. The summed E-state index contributed by atoms with van der Waals surface area (Å²) in [6.45, 7) is 15.4. The molecule has 1 aromatic heterocycles. The van der Waals surface area contributed by atoms with Gasteiger partial charge in [0, 0.05) is 30.0 Å². The predicted octanol–water partition coefficient (Wildman–Crippen LogP) is 2.65. The van der Waals surface area contributed by atoms with Gasteiger partial charge in [0.2, 0.25) is 5.13 Å². The van der Waals surface area contributed by atoms with Crippen molar-refractivity contribution in [3.05, 3.63) is 5.82 Å². The van der Waals surface area contributed by atoms with Gasteiger partial charge >= 0.3 is 0 Å². The molecule has 1 rings (SSSR count). The van der Waals surface area contributed by atoms with Gasteiger partial charge < -0.3 is 10.6 Å². The molecule has 0 saturated carbocycles. The maximum Gasteiger partial charge on any atom is 0.205 e. The molecule has 0 aliphatic heterocycles. The smallest absolute Gasteiger partial charge is 0.205 e. The van der Waals surface area contributed by atoms with Gasteiger partial charge in [-0.1, -0.05) is 34.6 Å². The summed E-state index contributed by atoms with van der Waals surface area (Å²) in [5.74, 6) is 0.923. The first-order valence-electron chi connectivity index (χ1n) is 6.49. The van der Waals surface area contributed by atoms with Crippen LogP contribution in [0.15, 0.2) is 0 Å². The summed E-state index contributed by atoms with van der Waals surface area (Å²) < 4.78 is 4.47. The van der Waals surface area contributed by atoms with Crippen molar-refractivity contribution in [1.82, 2.24) is 9.36 Å². The van der Waals surface area contributed by atoms with Gasteiger partial charge in [-0.3, -0.25) is 0 Å². The molecule has 0 unspecified atom stereocenters. The SMILES string of the molecule is CCN(CC(C)(C)CN)c1nc(C(C)(C)C)ns1. The summed E-state index contributed by atoms with van der Waals surface area (Å²) in [4.78, 5) is 6.93. The molecule has 0 aromatic carbocycles. The Balaban J connectivity index is 2.87. The van der Waals surface area contributed by atoms with E-state index in [0.29, 0.717) is 6.54 Å². The van der Waals surface area contributed by atoms with Crippen molar-refractivity contribution >= 4 is 16.7 Å². The Hall–Kier alpha value is -0.680. The topological polar surface area (TPSA) is 55.0 Å². The number of hydrogen-bond acceptors (Lipinski definition) is 5. The number of hydrogen-bond donors (Lipinski definition) is 1. The lowest BCUT2D eigenvalue weighted by molar-refractivity contribution is 0.379. The monoisotopic (exact) mass is 270 g/mol. The molecule has 0 atom stereocenters. The van der Waals surface area contributed by atoms with E-state index in [1.54, 1.807) is 0 Å². The zero-order valence-electron chi connectivity index (χ0n) is 12.4. The molecule has 1 heterocycles. The van der Waals surface area contributed by atoms with Crippen molar-refractivity contribution in [2.75, 3.05) is 24.5 Å². The van der Waals surface area contributed by atoms with E-state index in [4.69, 9.17) is 5.73 Å². The standard InChI is InChI=1S/C13H26N4S/c1-7-17(9-13(5,6)8-14)11-15-10(16-18-11)12(2,3)4/h7-9,14H2,1-6H3. The first-order chi connectivity index (χ1) is 8.19. The van der Waals surface area contributed by atoms with Crippen LogP contribution in [0, 0.1) is 5.41 Å². The second-order valence-electron chi connectivity index (χ2n) is 6.53. The number of rotatable bonds is 5. The second kappa shape index (κ2) is 5.53. The molecule has 5 heteroatoms. The van der Waals surface area contributed by atoms with E-state index in [1.165, 1.54) is 11.5 Å². The lowest BCUT2D eigenvalue weighted by Gasteiger charge is -2.30. The molecule has 0 aliphatic carbocycles. The maximum absolute atomic E-state index is 5.80. The summed E-state index contributed by atoms with van der Waals surface area (Å²) in [5, 5.41) is 1.00. The van der Waals surface area contributed by atoms with Crippen LogP contribution in [-0.4, -0.2) is 29.0 Å². The number of anilines is 1. The largest absolute Gasteiger partial charge is 0.347 e. The minimum atomic E-state index is 0.0115. The number of nitrogens with zero attached hydrogens (tertiary/aromatic N) is 3. The lowest BCUT2D eigenvalue weighted by atomic mass is 9.93. The minimum Gasteiger partial charge on any atom is -0.347 e. The van der Waals surface area contributed by atoms with Crippen molar-refractivity contribution in [2.45, 2.75) is 47.0 Å². The number of nitrogens with two attached hydrogens (primary N) is 1. The Kier molecular flexibility index (Phi) is 4.72. The fraction of sp³-hybridized carbons (Fsp3) is 0.846. The van der Waals surface area contributed by atoms with Crippen LogP contribution < -0.4 is 10.6 Å². The summed E-state index contributed by atoms with van der Waals surface area (Å²) in [7, 11) is 0. The molecule has 4 nitrogen and oxygen atoms in total. The normalized spacial score (nSPS) is 12.8. The van der Waals surface area contributed by atoms with Crippen LogP contribution in [0.5, 0.6) is 0 Å². The lowest BCUT2D eigenvalue weighted by Crippen LogP contribution is -2.38. The van der Waals surface area contributed by atoms with Crippen molar-refractivity contribution in [2.24, 2.45) is 11.1 Å². The summed E-state index contributed by atoms with van der Waals surface area (Å²) in [6, 6.07) is 0. The van der Waals surface area contributed by atoms with Crippen LogP contribution in [0.2, 0.25) is 0 Å². The summed E-state index contributed by atoms with van der Waals surface area (Å²) >= 11 is 1.48. The first-order valence-corrected chi connectivity index (χ1v) is 7.26. The third-order valence-electron chi connectivity index (χ3n) is 2.91. The van der Waals surface area contributed by atoms with E-state index in [-0.39, 0.29) is 10.8 Å². The Morgan fingerprint density at radius 2 is 1.83 bits per heavy atom. The number of aromatic nitrogens is 2. The minimum absolute atomic E-state index is 0.0115. The van der Waals surface area contributed by atoms with E-state index >= 15 is 0 Å². The quantitative estimate of drug-likeness (QED) is 0.893. The van der Waals surface area contributed by atoms with Crippen molar-refractivity contribution in [1.29, 1.82) is 0 Å². The van der Waals surface area contributed by atoms with E-state index in [9.17, 15) is 0 Å². The zero-order valence-corrected chi connectivity index (χ0v) is 13.3. The van der Waals surface area contributed by atoms with Gasteiger partial charge in [0.15, 0.2) is 0 Å². The maximum atomic E-state index is 5.80. The molecule has 1 aromatic rings. The fourth-order valence-corrected chi connectivity index (χ4v) is 2.46. The molecule has 0 bridgehead atoms. The van der Waals surface area contributed by atoms with Crippen LogP contribution in [0.3, 0.4) is 0 Å². The van der Waals surface area contributed by atoms with Gasteiger partial charge in [-0.15, -0.1) is 0 Å². The highest BCUT2D eigenvalue weighted by atomic mass is 32.1. The Labute approximate surface area is 115 Å². The average Bonchev–Trinajstić information content (AvgIpc) is 2.74. The van der Waals surface area contributed by atoms with Crippen molar-refractivity contribution in [3.8, 4) is 0 Å². The van der Waals surface area contributed by atoms with E-state index in [0.717, 1.165) is 24.0 Å². The van der Waals surface area contributed by atoms with E-state index < -0.39 is 0 Å². The Bertz CT molecular complexity index is 379. The molecule has 2 N–H and O–H groups in total. The molecule has 18 heavy (non-hydrogen) atoms. The molecular weight excluding hydrogens is 244 g/mol. The van der Waals surface area contributed by atoms with Gasteiger partial charge in [0.1, 0.15) is 5.82 Å². The van der Waals surface area contributed by atoms with Crippen LogP contribution in [0.1, 0.15) is 47.4 Å². The molecule has 0 aliphatic rings. The summed E-state index contributed by atoms with van der Waals surface area (Å²) in [5.41, 5.74) is 5.91. The molecule has 0 fully saturated rings. The zero-order chi connectivity index (χ0) is 14.0. The fourth-order valence-electron chi connectivity index (χ4n) is 1.54. The molecule has 0 amide bonds. The van der Waals surface area contributed by atoms with Crippen molar-refractivity contribution < 1.29 is 0 Å². The molecule has 104 valence electrons. The van der Waals surface area contributed by atoms with Gasteiger partial charge in [0.05, 0.1) is 0 Å². The van der Waals surface area contributed by atoms with Gasteiger partial charge in [-0.05, 0) is 18.9 Å². The van der Waals surface area contributed by atoms with E-state index in [2.05, 4.69) is 55.8 Å². The van der Waals surface area contributed by atoms with Crippen LogP contribution >= 0.6 is 11.5 Å². The Morgan fingerprint density at radius 3 is 2.22 bits per heavy atom. The van der Waals surface area contributed by atoms with Crippen molar-refractivity contribution in [3.63, 3.8) is 0 Å². The second-order valence-corrected chi connectivity index (χ2v) is 7.26. The van der Waals surface area contributed by atoms with Gasteiger partial charge in [0.25, 0.3) is 0 Å². The molecule has 0 spiro atoms. The van der Waals surface area contributed by atoms with Crippen LogP contribution in [0.25, 0.3) is 0 Å². The highest BCUT2D eigenvalue weighted by Gasteiger charge is 2.24. The van der Waals surface area contributed by atoms with Gasteiger partial charge in [-0.25, -0.2) is 4.98 Å². The third kappa shape index (κ3) is 3.92. The van der Waals surface area contributed by atoms with E-state index in [1.807, 2.05) is 0 Å². The highest BCUT2D eigenvalue weighted by molar-refractivity contribution is 7.09. The highest BCUT2D eigenvalue weighted by Crippen LogP contribution is 2.27. The first kappa shape index (κ1) is 15.4. The van der Waals surface area contributed by atoms with Gasteiger partial charge in [-0.2, -0.15) is 4.37 Å². The average molecular weight is 270 g/mol. The third-order valence-corrected chi connectivity index (χ3v) is 3.69. The van der Waals surface area contributed by atoms with Crippen LogP contribution in [0.4, 0.5) is 5.13 Å².